The van der Waals surface area contributed by atoms with E-state index in [0.717, 1.165) is 38.5 Å². The number of hydrogen-bond donors (Lipinski definition) is 2. The molecule has 4 nitrogen and oxygen atoms in total. The average molecular weight is 636 g/mol. The van der Waals surface area contributed by atoms with E-state index < -0.39 is 11.1 Å². The molecule has 0 rings (SSSR count). The number of unbranched alkanes of at least 4 members (excludes halogenated alkanes) is 28. The van der Waals surface area contributed by atoms with Crippen molar-refractivity contribution in [3.63, 3.8) is 0 Å². The van der Waals surface area contributed by atoms with Crippen molar-refractivity contribution in [3.8, 4) is 0 Å². The van der Waals surface area contributed by atoms with Crippen molar-refractivity contribution >= 4 is 11.6 Å². The van der Waals surface area contributed by atoms with E-state index >= 15 is 0 Å². The number of nitrogens with one attached hydrogen (secondary N) is 1. The topological polar surface area (TPSA) is 66.4 Å². The van der Waals surface area contributed by atoms with Gasteiger partial charge in [0.1, 0.15) is 22.7 Å². The van der Waals surface area contributed by atoms with Gasteiger partial charge in [-0.3, -0.25) is 14.9 Å². The number of rotatable bonds is 36. The molecule has 0 saturated heterocycles. The van der Waals surface area contributed by atoms with E-state index in [1.54, 1.807) is 20.9 Å². The minimum atomic E-state index is -1.54. The lowest BCUT2D eigenvalue weighted by Gasteiger charge is -2.40. The summed E-state index contributed by atoms with van der Waals surface area (Å²) in [4.78, 5) is 26.8. The van der Waals surface area contributed by atoms with Crippen LogP contribution in [0.4, 0.5) is 0 Å². The molecule has 0 spiro atoms. The summed E-state index contributed by atoms with van der Waals surface area (Å²) in [6.07, 6.45) is 39.3. The molecule has 0 aromatic rings. The van der Waals surface area contributed by atoms with Crippen LogP contribution in [0.5, 0.6) is 0 Å². The highest BCUT2D eigenvalue weighted by Crippen LogP contribution is 2.35. The van der Waals surface area contributed by atoms with Crippen LogP contribution in [-0.2, 0) is 9.59 Å². The average Bonchev–Trinajstić information content (AvgIpc) is 3.03. The lowest BCUT2D eigenvalue weighted by atomic mass is 9.70. The number of carbonyl (C=O) groups is 2. The smallest absolute Gasteiger partial charge is 0.150 e. The molecule has 0 aliphatic carbocycles. The lowest BCUT2D eigenvalue weighted by molar-refractivity contribution is -0.161. The first-order valence-corrected chi connectivity index (χ1v) is 20.3. The van der Waals surface area contributed by atoms with E-state index in [1.165, 1.54) is 154 Å². The van der Waals surface area contributed by atoms with Crippen LogP contribution < -0.4 is 5.32 Å². The van der Waals surface area contributed by atoms with Crippen molar-refractivity contribution in [3.05, 3.63) is 0 Å². The van der Waals surface area contributed by atoms with Gasteiger partial charge in [-0.1, -0.05) is 194 Å². The van der Waals surface area contributed by atoms with Crippen LogP contribution in [-0.4, -0.2) is 29.4 Å². The number of ketones is 2. The maximum Gasteiger partial charge on any atom is 0.150 e. The van der Waals surface area contributed by atoms with E-state index in [2.05, 4.69) is 19.2 Å². The summed E-state index contributed by atoms with van der Waals surface area (Å²) in [7, 11) is 1.64. The molecule has 1 atom stereocenters. The second-order valence-corrected chi connectivity index (χ2v) is 14.7. The van der Waals surface area contributed by atoms with Crippen molar-refractivity contribution in [2.45, 2.75) is 239 Å². The van der Waals surface area contributed by atoms with Crippen molar-refractivity contribution in [1.82, 2.24) is 5.32 Å². The molecule has 0 aromatic heterocycles. The number of carbonyl (C=O) groups excluding carboxylic acids is 2. The summed E-state index contributed by atoms with van der Waals surface area (Å²) < 4.78 is 0. The van der Waals surface area contributed by atoms with E-state index in [4.69, 9.17) is 0 Å². The number of Topliss-reactive ketones (excluding diaryl/α,β-unsaturated/α-hetero) is 2. The van der Waals surface area contributed by atoms with Gasteiger partial charge in [-0.25, -0.2) is 0 Å². The molecule has 0 aromatic carbocycles. The third-order valence-corrected chi connectivity index (χ3v) is 10.6. The SMILES string of the molecule is CCCCCCCCCCCCCCCCCC(=O)C(C)(C(=O)CCCCCCCCCCCCCCCCC)C(C)(O)NC. The van der Waals surface area contributed by atoms with Crippen molar-refractivity contribution < 1.29 is 14.7 Å². The van der Waals surface area contributed by atoms with E-state index in [1.807, 2.05) is 0 Å². The molecular formula is C41H81NO3. The third kappa shape index (κ3) is 22.5. The molecular weight excluding hydrogens is 554 g/mol. The molecule has 0 amide bonds. The Hall–Kier alpha value is -0.740. The van der Waals surface area contributed by atoms with Crippen molar-refractivity contribution in [1.29, 1.82) is 0 Å². The number of aliphatic hydroxyl groups is 1. The fraction of sp³-hybridized carbons (Fsp3) is 0.951. The fourth-order valence-electron chi connectivity index (χ4n) is 6.76. The predicted octanol–water partition coefficient (Wildman–Crippen LogP) is 12.6. The van der Waals surface area contributed by atoms with Gasteiger partial charge >= 0.3 is 0 Å². The Labute approximate surface area is 282 Å². The lowest BCUT2D eigenvalue weighted by Crippen LogP contribution is -2.61. The van der Waals surface area contributed by atoms with E-state index in [-0.39, 0.29) is 11.6 Å². The normalized spacial score (nSPS) is 13.3. The Morgan fingerprint density at radius 1 is 0.422 bits per heavy atom. The van der Waals surface area contributed by atoms with Gasteiger partial charge in [0.2, 0.25) is 0 Å². The Morgan fingerprint density at radius 3 is 0.822 bits per heavy atom. The van der Waals surface area contributed by atoms with Gasteiger partial charge in [-0.2, -0.15) is 0 Å². The van der Waals surface area contributed by atoms with Crippen LogP contribution in [0, 0.1) is 5.41 Å². The zero-order valence-electron chi connectivity index (χ0n) is 31.4. The zero-order chi connectivity index (χ0) is 33.5. The minimum Gasteiger partial charge on any atom is -0.375 e. The van der Waals surface area contributed by atoms with Gasteiger partial charge in [0.05, 0.1) is 0 Å². The maximum atomic E-state index is 13.4. The summed E-state index contributed by atoms with van der Waals surface area (Å²) in [6.45, 7) is 7.81. The summed E-state index contributed by atoms with van der Waals surface area (Å²) in [5.74, 6) is -0.218. The molecule has 0 saturated carbocycles. The van der Waals surface area contributed by atoms with Crippen LogP contribution in [0.15, 0.2) is 0 Å². The van der Waals surface area contributed by atoms with Crippen LogP contribution in [0.2, 0.25) is 0 Å². The molecule has 0 bridgehead atoms. The molecule has 1 unspecified atom stereocenters. The first-order valence-electron chi connectivity index (χ1n) is 20.3. The van der Waals surface area contributed by atoms with E-state index in [9.17, 15) is 14.7 Å². The van der Waals surface area contributed by atoms with E-state index in [0.29, 0.717) is 12.8 Å². The Kier molecular flexibility index (Phi) is 30.1. The Bertz CT molecular complexity index is 628. The highest BCUT2D eigenvalue weighted by molar-refractivity contribution is 6.07. The molecule has 45 heavy (non-hydrogen) atoms. The van der Waals surface area contributed by atoms with Gasteiger partial charge in [0, 0.05) is 12.8 Å². The van der Waals surface area contributed by atoms with Gasteiger partial charge in [0.15, 0.2) is 0 Å². The first kappa shape index (κ1) is 44.3. The molecule has 2 N–H and O–H groups in total. The Morgan fingerprint density at radius 2 is 0.622 bits per heavy atom. The van der Waals surface area contributed by atoms with Gasteiger partial charge in [-0.15, -0.1) is 0 Å². The standard InChI is InChI=1S/C41H81NO3/c1-6-8-10-12-14-16-18-20-22-24-26-28-30-32-34-36-38(43)40(3,41(4,45)42-5)39(44)37-35-33-31-29-27-25-23-21-19-17-15-13-11-9-7-2/h42,45H,6-37H2,1-5H3. The molecule has 0 fully saturated rings. The van der Waals surface area contributed by atoms with Crippen LogP contribution in [0.3, 0.4) is 0 Å². The van der Waals surface area contributed by atoms with Crippen molar-refractivity contribution in [2.24, 2.45) is 5.41 Å². The quantitative estimate of drug-likeness (QED) is 0.0408. The highest BCUT2D eigenvalue weighted by Gasteiger charge is 2.52. The fourth-order valence-corrected chi connectivity index (χ4v) is 6.76. The second-order valence-electron chi connectivity index (χ2n) is 14.7. The molecule has 268 valence electrons. The van der Waals surface area contributed by atoms with Crippen LogP contribution in [0.1, 0.15) is 233 Å². The van der Waals surface area contributed by atoms with Crippen LogP contribution in [0.25, 0.3) is 0 Å². The predicted molar refractivity (Wildman–Crippen MR) is 197 cm³/mol. The summed E-state index contributed by atoms with van der Waals surface area (Å²) >= 11 is 0. The van der Waals surface area contributed by atoms with Gasteiger partial charge in [0.25, 0.3) is 0 Å². The molecule has 0 aliphatic heterocycles. The summed E-state index contributed by atoms with van der Waals surface area (Å²) in [6, 6.07) is 0. The molecule has 0 heterocycles. The van der Waals surface area contributed by atoms with Gasteiger partial charge < -0.3 is 5.11 Å². The molecule has 0 aliphatic rings. The first-order chi connectivity index (χ1) is 21.8. The third-order valence-electron chi connectivity index (χ3n) is 10.6. The zero-order valence-corrected chi connectivity index (χ0v) is 31.4. The summed E-state index contributed by atoms with van der Waals surface area (Å²) in [5, 5.41) is 13.9. The highest BCUT2D eigenvalue weighted by atomic mass is 16.3. The second kappa shape index (κ2) is 30.6. The maximum absolute atomic E-state index is 13.4. The monoisotopic (exact) mass is 636 g/mol. The largest absolute Gasteiger partial charge is 0.375 e. The van der Waals surface area contributed by atoms with Crippen molar-refractivity contribution in [2.75, 3.05) is 7.05 Å². The molecule has 4 heteroatoms. The minimum absolute atomic E-state index is 0.109. The molecule has 0 radical (unpaired) electrons. The van der Waals surface area contributed by atoms with Gasteiger partial charge in [-0.05, 0) is 33.7 Å². The van der Waals surface area contributed by atoms with Crippen LogP contribution >= 0.6 is 0 Å². The summed E-state index contributed by atoms with van der Waals surface area (Å²) in [5.41, 5.74) is -2.93. The number of hydrogen-bond acceptors (Lipinski definition) is 4. The Balaban J connectivity index is 4.05.